The van der Waals surface area contributed by atoms with Gasteiger partial charge in [0, 0.05) is 25.9 Å². The fraction of sp³-hybridized carbons (Fsp3) is 0.435. The zero-order valence-electron chi connectivity index (χ0n) is 16.6. The van der Waals surface area contributed by atoms with E-state index in [1.54, 1.807) is 14.2 Å². The van der Waals surface area contributed by atoms with Gasteiger partial charge in [-0.15, -0.1) is 0 Å². The van der Waals surface area contributed by atoms with Crippen LogP contribution in [0.25, 0.3) is 0 Å². The van der Waals surface area contributed by atoms with Crippen LogP contribution in [0.15, 0.2) is 42.5 Å². The van der Waals surface area contributed by atoms with E-state index in [-0.39, 0.29) is 11.5 Å². The maximum Gasteiger partial charge on any atom is 0.226 e. The molecule has 1 fully saturated rings. The third kappa shape index (κ3) is 3.66. The number of hydrogen-bond acceptors (Lipinski definition) is 4. The van der Waals surface area contributed by atoms with E-state index in [1.807, 2.05) is 29.2 Å². The van der Waals surface area contributed by atoms with Gasteiger partial charge in [-0.3, -0.25) is 4.79 Å². The van der Waals surface area contributed by atoms with E-state index in [4.69, 9.17) is 14.2 Å². The molecule has 2 aliphatic heterocycles. The summed E-state index contributed by atoms with van der Waals surface area (Å²) in [6.07, 6.45) is 4.23. The maximum absolute atomic E-state index is 12.8. The SMILES string of the molecule is COc1ccc(CC(=O)N2CCC3(CCc4ccccc4O3)CC2)cc1OC. The molecule has 2 aromatic rings. The topological polar surface area (TPSA) is 48.0 Å². The Morgan fingerprint density at radius 2 is 1.79 bits per heavy atom. The second-order valence-corrected chi connectivity index (χ2v) is 7.64. The van der Waals surface area contributed by atoms with Gasteiger partial charge in [0.25, 0.3) is 0 Å². The van der Waals surface area contributed by atoms with Crippen LogP contribution in [-0.4, -0.2) is 43.7 Å². The third-order valence-electron chi connectivity index (χ3n) is 5.98. The van der Waals surface area contributed by atoms with E-state index in [9.17, 15) is 4.79 Å². The lowest BCUT2D eigenvalue weighted by Gasteiger charge is -2.44. The van der Waals surface area contributed by atoms with Gasteiger partial charge >= 0.3 is 0 Å². The second-order valence-electron chi connectivity index (χ2n) is 7.64. The monoisotopic (exact) mass is 381 g/mol. The van der Waals surface area contributed by atoms with Crippen molar-refractivity contribution >= 4 is 5.91 Å². The molecule has 1 amide bonds. The van der Waals surface area contributed by atoms with Crippen molar-refractivity contribution in [3.63, 3.8) is 0 Å². The number of benzene rings is 2. The molecular weight excluding hydrogens is 354 g/mol. The number of rotatable bonds is 4. The molecule has 2 aromatic carbocycles. The molecule has 0 unspecified atom stereocenters. The van der Waals surface area contributed by atoms with Crippen LogP contribution in [0.1, 0.15) is 30.4 Å². The van der Waals surface area contributed by atoms with Crippen LogP contribution in [0.2, 0.25) is 0 Å². The van der Waals surface area contributed by atoms with Crippen molar-refractivity contribution in [3.05, 3.63) is 53.6 Å². The number of methoxy groups -OCH3 is 2. The van der Waals surface area contributed by atoms with E-state index in [0.29, 0.717) is 17.9 Å². The lowest BCUT2D eigenvalue weighted by atomic mass is 9.83. The number of fused-ring (bicyclic) bond motifs is 1. The third-order valence-corrected chi connectivity index (χ3v) is 5.98. The first-order valence-electron chi connectivity index (χ1n) is 9.88. The molecule has 0 bridgehead atoms. The number of nitrogens with zero attached hydrogens (tertiary/aromatic N) is 1. The smallest absolute Gasteiger partial charge is 0.226 e. The van der Waals surface area contributed by atoms with Crippen LogP contribution in [0.4, 0.5) is 0 Å². The Balaban J connectivity index is 1.37. The molecule has 0 atom stereocenters. The Morgan fingerprint density at radius 1 is 1.04 bits per heavy atom. The standard InChI is InChI=1S/C23H27NO4/c1-26-20-8-7-17(15-21(20)27-2)16-22(25)24-13-11-23(12-14-24)10-9-18-5-3-4-6-19(18)28-23/h3-8,15H,9-14,16H2,1-2H3. The number of aryl methyl sites for hydroxylation is 1. The van der Waals surface area contributed by atoms with E-state index >= 15 is 0 Å². The Hall–Kier alpha value is -2.69. The number of likely N-dealkylation sites (tertiary alicyclic amines) is 1. The predicted octanol–water partition coefficient (Wildman–Crippen LogP) is 3.63. The fourth-order valence-electron chi connectivity index (χ4n) is 4.25. The highest BCUT2D eigenvalue weighted by Crippen LogP contribution is 2.39. The van der Waals surface area contributed by atoms with Gasteiger partial charge in [0.1, 0.15) is 11.4 Å². The highest BCUT2D eigenvalue weighted by atomic mass is 16.5. The largest absolute Gasteiger partial charge is 0.493 e. The van der Waals surface area contributed by atoms with Gasteiger partial charge in [-0.2, -0.15) is 0 Å². The highest BCUT2D eigenvalue weighted by Gasteiger charge is 2.40. The highest BCUT2D eigenvalue weighted by molar-refractivity contribution is 5.79. The number of piperidine rings is 1. The van der Waals surface area contributed by atoms with Crippen LogP contribution >= 0.6 is 0 Å². The summed E-state index contributed by atoms with van der Waals surface area (Å²) in [5.41, 5.74) is 2.11. The van der Waals surface area contributed by atoms with Crippen molar-refractivity contribution in [3.8, 4) is 17.2 Å². The second kappa shape index (κ2) is 7.74. The first-order valence-corrected chi connectivity index (χ1v) is 9.88. The summed E-state index contributed by atoms with van der Waals surface area (Å²) in [7, 11) is 3.22. The molecule has 1 saturated heterocycles. The van der Waals surface area contributed by atoms with E-state index in [2.05, 4.69) is 18.2 Å². The molecule has 0 aromatic heterocycles. The molecule has 0 radical (unpaired) electrons. The number of hydrogen-bond donors (Lipinski definition) is 0. The van der Waals surface area contributed by atoms with Crippen LogP contribution in [0, 0.1) is 0 Å². The van der Waals surface area contributed by atoms with Gasteiger partial charge in [-0.1, -0.05) is 24.3 Å². The zero-order chi connectivity index (χ0) is 19.6. The summed E-state index contributed by atoms with van der Waals surface area (Å²) in [6.45, 7) is 1.49. The molecule has 1 spiro atoms. The Morgan fingerprint density at radius 3 is 2.54 bits per heavy atom. The maximum atomic E-state index is 12.8. The molecule has 148 valence electrons. The van der Waals surface area contributed by atoms with Gasteiger partial charge in [0.05, 0.1) is 20.6 Å². The van der Waals surface area contributed by atoms with E-state index in [0.717, 1.165) is 50.1 Å². The minimum absolute atomic E-state index is 0.117. The average Bonchev–Trinajstić information content (AvgIpc) is 2.74. The minimum Gasteiger partial charge on any atom is -0.493 e. The molecule has 0 saturated carbocycles. The van der Waals surface area contributed by atoms with Crippen LogP contribution in [0.5, 0.6) is 17.2 Å². The summed E-state index contributed by atoms with van der Waals surface area (Å²) in [6, 6.07) is 13.9. The number of carbonyl (C=O) groups is 1. The molecule has 0 aliphatic carbocycles. The van der Waals surface area contributed by atoms with E-state index in [1.165, 1.54) is 5.56 Å². The van der Waals surface area contributed by atoms with Gasteiger partial charge in [-0.05, 0) is 42.2 Å². The van der Waals surface area contributed by atoms with Gasteiger partial charge in [0.2, 0.25) is 5.91 Å². The van der Waals surface area contributed by atoms with Crippen LogP contribution in [-0.2, 0) is 17.6 Å². The van der Waals surface area contributed by atoms with Crippen molar-refractivity contribution < 1.29 is 19.0 Å². The van der Waals surface area contributed by atoms with Crippen molar-refractivity contribution in [2.75, 3.05) is 27.3 Å². The number of carbonyl (C=O) groups excluding carboxylic acids is 1. The van der Waals surface area contributed by atoms with Gasteiger partial charge in [-0.25, -0.2) is 0 Å². The molecule has 28 heavy (non-hydrogen) atoms. The predicted molar refractivity (Wildman–Crippen MR) is 107 cm³/mol. The van der Waals surface area contributed by atoms with Crippen molar-refractivity contribution in [1.82, 2.24) is 4.90 Å². The molecule has 0 N–H and O–H groups in total. The first kappa shape index (κ1) is 18.7. The summed E-state index contributed by atoms with van der Waals surface area (Å²) in [5.74, 6) is 2.49. The van der Waals surface area contributed by atoms with Gasteiger partial charge < -0.3 is 19.1 Å². The Bertz CT molecular complexity index is 855. The summed E-state index contributed by atoms with van der Waals surface area (Å²) in [4.78, 5) is 14.8. The Kier molecular flexibility index (Phi) is 5.16. The number of ether oxygens (including phenoxy) is 3. The van der Waals surface area contributed by atoms with Crippen molar-refractivity contribution in [1.29, 1.82) is 0 Å². The molecule has 5 nitrogen and oxygen atoms in total. The molecular formula is C23H27NO4. The summed E-state index contributed by atoms with van der Waals surface area (Å²) < 4.78 is 17.0. The molecule has 2 heterocycles. The van der Waals surface area contributed by atoms with Crippen LogP contribution < -0.4 is 14.2 Å². The molecule has 2 aliphatic rings. The molecule has 5 heteroatoms. The fourth-order valence-corrected chi connectivity index (χ4v) is 4.25. The van der Waals surface area contributed by atoms with Gasteiger partial charge in [0.15, 0.2) is 11.5 Å². The van der Waals surface area contributed by atoms with Crippen molar-refractivity contribution in [2.45, 2.75) is 37.7 Å². The lowest BCUT2D eigenvalue weighted by Crippen LogP contribution is -2.51. The average molecular weight is 381 g/mol. The number of para-hydroxylation sites is 1. The van der Waals surface area contributed by atoms with Crippen molar-refractivity contribution in [2.24, 2.45) is 0 Å². The lowest BCUT2D eigenvalue weighted by molar-refractivity contribution is -0.134. The minimum atomic E-state index is -0.117. The van der Waals surface area contributed by atoms with Crippen LogP contribution in [0.3, 0.4) is 0 Å². The first-order chi connectivity index (χ1) is 13.6. The Labute approximate surface area is 166 Å². The number of amides is 1. The normalized spacial score (nSPS) is 17.6. The zero-order valence-corrected chi connectivity index (χ0v) is 16.6. The summed E-state index contributed by atoms with van der Waals surface area (Å²) in [5, 5.41) is 0. The van der Waals surface area contributed by atoms with E-state index < -0.39 is 0 Å². The molecule has 4 rings (SSSR count). The summed E-state index contributed by atoms with van der Waals surface area (Å²) >= 11 is 0. The quantitative estimate of drug-likeness (QED) is 0.811.